The highest BCUT2D eigenvalue weighted by Crippen LogP contribution is 2.33. The lowest BCUT2D eigenvalue weighted by atomic mass is 9.92. The molecule has 0 unspecified atom stereocenters. The topological polar surface area (TPSA) is 46.9 Å². The fourth-order valence-electron chi connectivity index (χ4n) is 3.69. The van der Waals surface area contributed by atoms with Crippen LogP contribution in [0, 0.1) is 12.8 Å². The van der Waals surface area contributed by atoms with Gasteiger partial charge in [-0.2, -0.15) is 0 Å². The molecule has 2 aliphatic rings. The summed E-state index contributed by atoms with van der Waals surface area (Å²) in [5.41, 5.74) is 1.26. The molecule has 0 bridgehead atoms. The van der Waals surface area contributed by atoms with Gasteiger partial charge in [0.05, 0.1) is 0 Å². The molecule has 1 aromatic rings. The molecule has 1 amide bonds. The van der Waals surface area contributed by atoms with E-state index in [1.54, 1.807) is 0 Å². The Kier molecular flexibility index (Phi) is 4.61. The van der Waals surface area contributed by atoms with Crippen molar-refractivity contribution in [3.63, 3.8) is 0 Å². The van der Waals surface area contributed by atoms with Crippen LogP contribution >= 0.6 is 0 Å². The quantitative estimate of drug-likeness (QED) is 0.874. The SMILES string of the molecule is Cc1cnc(CCNC(=O)CC2CCCC2)n1C1CCC1. The molecule has 0 aromatic carbocycles. The van der Waals surface area contributed by atoms with E-state index in [0.717, 1.165) is 18.7 Å². The molecule has 2 aliphatic carbocycles. The average Bonchev–Trinajstić information content (AvgIpc) is 3.01. The average molecular weight is 289 g/mol. The molecule has 0 spiro atoms. The number of carbonyl (C=O) groups excluding carboxylic acids is 1. The fourth-order valence-corrected chi connectivity index (χ4v) is 3.69. The third-order valence-corrected chi connectivity index (χ3v) is 5.12. The van der Waals surface area contributed by atoms with Crippen LogP contribution in [0.5, 0.6) is 0 Å². The third kappa shape index (κ3) is 3.47. The number of amides is 1. The number of rotatable bonds is 6. The molecule has 4 heteroatoms. The standard InChI is InChI=1S/C17H27N3O/c1-13-12-19-16(20(13)15-7-4-8-15)9-10-18-17(21)11-14-5-2-3-6-14/h12,14-15H,2-11H2,1H3,(H,18,21). The molecular weight excluding hydrogens is 262 g/mol. The van der Waals surface area contributed by atoms with Gasteiger partial charge in [-0.1, -0.05) is 12.8 Å². The Balaban J connectivity index is 1.45. The van der Waals surface area contributed by atoms with Gasteiger partial charge in [-0.15, -0.1) is 0 Å². The number of imidazole rings is 1. The Labute approximate surface area is 127 Å². The van der Waals surface area contributed by atoms with Crippen LogP contribution in [0.1, 0.15) is 68.9 Å². The molecule has 116 valence electrons. The number of hydrogen-bond acceptors (Lipinski definition) is 2. The minimum atomic E-state index is 0.223. The molecule has 3 rings (SSSR count). The first kappa shape index (κ1) is 14.6. The Bertz CT molecular complexity index is 484. The zero-order valence-electron chi connectivity index (χ0n) is 13.1. The lowest BCUT2D eigenvalue weighted by Gasteiger charge is -2.29. The van der Waals surface area contributed by atoms with Crippen LogP contribution in [0.3, 0.4) is 0 Å². The number of aromatic nitrogens is 2. The van der Waals surface area contributed by atoms with Crippen molar-refractivity contribution in [1.82, 2.24) is 14.9 Å². The zero-order chi connectivity index (χ0) is 14.7. The van der Waals surface area contributed by atoms with Crippen molar-refractivity contribution < 1.29 is 4.79 Å². The Morgan fingerprint density at radius 1 is 1.29 bits per heavy atom. The van der Waals surface area contributed by atoms with Crippen LogP contribution in [0.4, 0.5) is 0 Å². The van der Waals surface area contributed by atoms with E-state index in [2.05, 4.69) is 21.8 Å². The maximum atomic E-state index is 11.9. The van der Waals surface area contributed by atoms with Crippen molar-refractivity contribution in [2.75, 3.05) is 6.54 Å². The number of hydrogen-bond donors (Lipinski definition) is 1. The van der Waals surface area contributed by atoms with E-state index in [-0.39, 0.29) is 5.91 Å². The summed E-state index contributed by atoms with van der Waals surface area (Å²) in [5.74, 6) is 1.99. The van der Waals surface area contributed by atoms with Crippen LogP contribution in [-0.2, 0) is 11.2 Å². The van der Waals surface area contributed by atoms with Crippen LogP contribution in [0.2, 0.25) is 0 Å². The zero-order valence-corrected chi connectivity index (χ0v) is 13.1. The first-order chi connectivity index (χ1) is 10.2. The molecule has 1 N–H and O–H groups in total. The van der Waals surface area contributed by atoms with Crippen molar-refractivity contribution in [2.45, 2.75) is 70.8 Å². The first-order valence-corrected chi connectivity index (χ1v) is 8.53. The molecule has 1 heterocycles. The van der Waals surface area contributed by atoms with Gasteiger partial charge in [0.2, 0.25) is 5.91 Å². The van der Waals surface area contributed by atoms with E-state index in [9.17, 15) is 4.79 Å². The second-order valence-corrected chi connectivity index (χ2v) is 6.73. The second kappa shape index (κ2) is 6.63. The lowest BCUT2D eigenvalue weighted by molar-refractivity contribution is -0.121. The predicted octanol–water partition coefficient (Wildman–Crippen LogP) is 3.16. The summed E-state index contributed by atoms with van der Waals surface area (Å²) in [6, 6.07) is 0.650. The summed E-state index contributed by atoms with van der Waals surface area (Å²) in [6.45, 7) is 2.85. The lowest BCUT2D eigenvalue weighted by Crippen LogP contribution is -2.28. The van der Waals surface area contributed by atoms with Crippen molar-refractivity contribution in [3.8, 4) is 0 Å². The smallest absolute Gasteiger partial charge is 0.220 e. The van der Waals surface area contributed by atoms with Crippen molar-refractivity contribution in [3.05, 3.63) is 17.7 Å². The normalized spacial score (nSPS) is 19.7. The van der Waals surface area contributed by atoms with Crippen molar-refractivity contribution in [2.24, 2.45) is 5.92 Å². The van der Waals surface area contributed by atoms with Gasteiger partial charge in [0.25, 0.3) is 0 Å². The number of aryl methyl sites for hydroxylation is 1. The minimum Gasteiger partial charge on any atom is -0.356 e. The second-order valence-electron chi connectivity index (χ2n) is 6.73. The molecule has 0 atom stereocenters. The maximum absolute atomic E-state index is 11.9. The monoisotopic (exact) mass is 289 g/mol. The Morgan fingerprint density at radius 3 is 2.71 bits per heavy atom. The molecule has 1 aromatic heterocycles. The van der Waals surface area contributed by atoms with Gasteiger partial charge in [-0.05, 0) is 44.9 Å². The summed E-state index contributed by atoms with van der Waals surface area (Å²) in [7, 11) is 0. The van der Waals surface area contributed by atoms with E-state index in [0.29, 0.717) is 18.5 Å². The van der Waals surface area contributed by atoms with E-state index < -0.39 is 0 Å². The van der Waals surface area contributed by atoms with Gasteiger partial charge < -0.3 is 9.88 Å². The molecule has 2 saturated carbocycles. The highest BCUT2D eigenvalue weighted by Gasteiger charge is 2.23. The fraction of sp³-hybridized carbons (Fsp3) is 0.765. The van der Waals surface area contributed by atoms with Gasteiger partial charge in [-0.25, -0.2) is 4.98 Å². The summed E-state index contributed by atoms with van der Waals surface area (Å²) in [6.07, 6.45) is 12.5. The molecular formula is C17H27N3O. The highest BCUT2D eigenvalue weighted by molar-refractivity contribution is 5.76. The maximum Gasteiger partial charge on any atom is 0.220 e. The van der Waals surface area contributed by atoms with Gasteiger partial charge in [0, 0.05) is 37.3 Å². The molecule has 4 nitrogen and oxygen atoms in total. The number of carbonyl (C=O) groups is 1. The van der Waals surface area contributed by atoms with Crippen molar-refractivity contribution >= 4 is 5.91 Å². The molecule has 0 saturated heterocycles. The van der Waals surface area contributed by atoms with Crippen LogP contribution in [0.25, 0.3) is 0 Å². The predicted molar refractivity (Wildman–Crippen MR) is 83.1 cm³/mol. The molecule has 21 heavy (non-hydrogen) atoms. The summed E-state index contributed by atoms with van der Waals surface area (Å²) >= 11 is 0. The van der Waals surface area contributed by atoms with Gasteiger partial charge in [0.15, 0.2) is 0 Å². The van der Waals surface area contributed by atoms with E-state index in [1.165, 1.54) is 50.6 Å². The molecule has 2 fully saturated rings. The van der Waals surface area contributed by atoms with Crippen LogP contribution in [0.15, 0.2) is 6.20 Å². The molecule has 0 radical (unpaired) electrons. The first-order valence-electron chi connectivity index (χ1n) is 8.53. The molecule has 0 aliphatic heterocycles. The van der Waals surface area contributed by atoms with Gasteiger partial charge in [-0.3, -0.25) is 4.79 Å². The summed E-state index contributed by atoms with van der Waals surface area (Å²) in [4.78, 5) is 16.5. The van der Waals surface area contributed by atoms with Crippen LogP contribution in [-0.4, -0.2) is 22.0 Å². The summed E-state index contributed by atoms with van der Waals surface area (Å²) in [5, 5.41) is 3.08. The Morgan fingerprint density at radius 2 is 2.05 bits per heavy atom. The Hall–Kier alpha value is -1.32. The number of nitrogens with one attached hydrogen (secondary N) is 1. The van der Waals surface area contributed by atoms with Crippen LogP contribution < -0.4 is 5.32 Å². The minimum absolute atomic E-state index is 0.223. The van der Waals surface area contributed by atoms with Crippen molar-refractivity contribution in [1.29, 1.82) is 0 Å². The highest BCUT2D eigenvalue weighted by atomic mass is 16.1. The van der Waals surface area contributed by atoms with E-state index >= 15 is 0 Å². The largest absolute Gasteiger partial charge is 0.356 e. The summed E-state index contributed by atoms with van der Waals surface area (Å²) < 4.78 is 2.38. The van der Waals surface area contributed by atoms with E-state index in [4.69, 9.17) is 0 Å². The van der Waals surface area contributed by atoms with Gasteiger partial charge in [0.1, 0.15) is 5.82 Å². The van der Waals surface area contributed by atoms with E-state index in [1.807, 2.05) is 6.20 Å². The third-order valence-electron chi connectivity index (χ3n) is 5.12. The number of nitrogens with zero attached hydrogens (tertiary/aromatic N) is 2. The van der Waals surface area contributed by atoms with Gasteiger partial charge >= 0.3 is 0 Å².